The molecule has 0 aliphatic carbocycles. The molecule has 0 unspecified atom stereocenters. The van der Waals surface area contributed by atoms with Crippen LogP contribution in [0.2, 0.25) is 0 Å². The van der Waals surface area contributed by atoms with Gasteiger partial charge in [0.2, 0.25) is 0 Å². The third-order valence-electron chi connectivity index (χ3n) is 5.43. The molecule has 0 bridgehead atoms. The third-order valence-corrected chi connectivity index (χ3v) is 5.43. The Morgan fingerprint density at radius 1 is 1.00 bits per heavy atom. The topological polar surface area (TPSA) is 84.7 Å². The number of hydrogen-bond acceptors (Lipinski definition) is 6. The highest BCUT2D eigenvalue weighted by Crippen LogP contribution is 2.36. The molecule has 174 valence electrons. The number of nitrogens with zero attached hydrogens (tertiary/aromatic N) is 5. The van der Waals surface area contributed by atoms with Gasteiger partial charge in [-0.3, -0.25) is 9.20 Å². The van der Waals surface area contributed by atoms with Gasteiger partial charge in [-0.15, -0.1) is 0 Å². The predicted molar refractivity (Wildman–Crippen MR) is 119 cm³/mol. The Balaban J connectivity index is 1.44. The second-order valence-electron chi connectivity index (χ2n) is 7.61. The summed E-state index contributed by atoms with van der Waals surface area (Å²) < 4.78 is 47.3. The number of carbonyl (C=O) groups excluding carboxylic acids is 1. The average molecular weight is 468 g/mol. The van der Waals surface area contributed by atoms with Crippen LogP contribution < -0.4 is 10.2 Å². The van der Waals surface area contributed by atoms with E-state index in [-0.39, 0.29) is 28.4 Å². The van der Waals surface area contributed by atoms with Crippen LogP contribution in [0, 0.1) is 0 Å². The molecule has 1 aromatic carbocycles. The molecular formula is C23H19F3N6O2. The molecule has 8 nitrogen and oxygen atoms in total. The first-order chi connectivity index (χ1) is 16.4. The molecular weight excluding hydrogens is 449 g/mol. The van der Waals surface area contributed by atoms with Gasteiger partial charge in [-0.1, -0.05) is 24.3 Å². The minimum absolute atomic E-state index is 0.0594. The number of hydrogen-bond donors (Lipinski definition) is 1. The third kappa shape index (κ3) is 4.29. The number of aromatic nitrogens is 4. The number of anilines is 2. The quantitative estimate of drug-likeness (QED) is 0.489. The minimum atomic E-state index is -4.53. The van der Waals surface area contributed by atoms with Crippen LogP contribution in [0.15, 0.2) is 61.1 Å². The van der Waals surface area contributed by atoms with Crippen molar-refractivity contribution in [2.24, 2.45) is 0 Å². The van der Waals surface area contributed by atoms with Crippen LogP contribution >= 0.6 is 0 Å². The summed E-state index contributed by atoms with van der Waals surface area (Å²) >= 11 is 0. The Bertz CT molecular complexity index is 1350. The molecule has 1 aliphatic rings. The number of imidazole rings is 1. The Morgan fingerprint density at radius 3 is 2.59 bits per heavy atom. The molecule has 0 saturated carbocycles. The van der Waals surface area contributed by atoms with Crippen LogP contribution in [-0.4, -0.2) is 51.6 Å². The standard InChI is InChI=1S/C23H19F3N6O2/c24-23(25,26)16-5-2-1-4-15(16)17-8-9-32-14-27-20(21(32)29-17)30-22(33)18-6-3-7-19(28-18)31-10-12-34-13-11-31/h1-9,14H,10-13H2,(H,30,33). The summed E-state index contributed by atoms with van der Waals surface area (Å²) in [5, 5.41) is 2.67. The van der Waals surface area contributed by atoms with Gasteiger partial charge < -0.3 is 15.0 Å². The molecule has 1 saturated heterocycles. The fourth-order valence-corrected chi connectivity index (χ4v) is 3.76. The van der Waals surface area contributed by atoms with Gasteiger partial charge in [0.05, 0.1) is 24.5 Å². The molecule has 1 amide bonds. The number of alkyl halides is 3. The number of fused-ring (bicyclic) bond motifs is 1. The second-order valence-corrected chi connectivity index (χ2v) is 7.61. The summed E-state index contributed by atoms with van der Waals surface area (Å²) in [6.45, 7) is 2.53. The molecule has 0 spiro atoms. The Labute approximate surface area is 192 Å². The van der Waals surface area contributed by atoms with Crippen molar-refractivity contribution in [3.8, 4) is 11.3 Å². The first-order valence-electron chi connectivity index (χ1n) is 10.5. The van der Waals surface area contributed by atoms with Crippen molar-refractivity contribution in [3.63, 3.8) is 0 Å². The summed E-state index contributed by atoms with van der Waals surface area (Å²) in [5.41, 5.74) is -0.336. The SMILES string of the molecule is O=C(Nc1ncn2ccc(-c3ccccc3C(F)(F)F)nc12)c1cccc(N2CCOCC2)n1. The number of morpholine rings is 1. The number of pyridine rings is 1. The van der Waals surface area contributed by atoms with Gasteiger partial charge in [-0.05, 0) is 24.3 Å². The van der Waals surface area contributed by atoms with Crippen molar-refractivity contribution < 1.29 is 22.7 Å². The predicted octanol–water partition coefficient (Wildman–Crippen LogP) is 3.90. The van der Waals surface area contributed by atoms with Crippen LogP contribution in [0.3, 0.4) is 0 Å². The highest BCUT2D eigenvalue weighted by Gasteiger charge is 2.33. The van der Waals surface area contributed by atoms with Crippen molar-refractivity contribution in [1.29, 1.82) is 0 Å². The first-order valence-corrected chi connectivity index (χ1v) is 10.5. The minimum Gasteiger partial charge on any atom is -0.378 e. The molecule has 0 atom stereocenters. The van der Waals surface area contributed by atoms with E-state index in [0.29, 0.717) is 32.1 Å². The molecule has 4 heterocycles. The highest BCUT2D eigenvalue weighted by molar-refractivity contribution is 6.04. The fraction of sp³-hybridized carbons (Fsp3) is 0.217. The van der Waals surface area contributed by atoms with Crippen LogP contribution in [0.25, 0.3) is 16.9 Å². The molecule has 1 fully saturated rings. The van der Waals surface area contributed by atoms with Crippen molar-refractivity contribution in [2.45, 2.75) is 6.18 Å². The van der Waals surface area contributed by atoms with Crippen LogP contribution in [0.1, 0.15) is 16.1 Å². The van der Waals surface area contributed by atoms with Crippen LogP contribution in [0.5, 0.6) is 0 Å². The van der Waals surface area contributed by atoms with Crippen molar-refractivity contribution in [3.05, 3.63) is 72.3 Å². The number of nitrogens with one attached hydrogen (secondary N) is 1. The largest absolute Gasteiger partial charge is 0.417 e. The Kier molecular flexibility index (Phi) is 5.62. The second kappa shape index (κ2) is 8.75. The zero-order valence-corrected chi connectivity index (χ0v) is 17.8. The summed E-state index contributed by atoms with van der Waals surface area (Å²) in [6, 6.07) is 11.8. The van der Waals surface area contributed by atoms with E-state index in [4.69, 9.17) is 4.74 Å². The number of benzene rings is 1. The van der Waals surface area contributed by atoms with Gasteiger partial charge in [0.25, 0.3) is 5.91 Å². The van der Waals surface area contributed by atoms with Gasteiger partial charge in [0.1, 0.15) is 17.8 Å². The van der Waals surface area contributed by atoms with E-state index in [1.54, 1.807) is 18.3 Å². The fourth-order valence-electron chi connectivity index (χ4n) is 3.76. The van der Waals surface area contributed by atoms with Crippen LogP contribution in [-0.2, 0) is 10.9 Å². The van der Waals surface area contributed by atoms with Gasteiger partial charge >= 0.3 is 6.18 Å². The number of amides is 1. The number of halogens is 3. The molecule has 34 heavy (non-hydrogen) atoms. The molecule has 1 aliphatic heterocycles. The van der Waals surface area contributed by atoms with Gasteiger partial charge in [0, 0.05) is 24.8 Å². The zero-order valence-electron chi connectivity index (χ0n) is 17.8. The van der Waals surface area contributed by atoms with Gasteiger partial charge in [0.15, 0.2) is 11.5 Å². The van der Waals surface area contributed by atoms with Crippen molar-refractivity contribution in [2.75, 3.05) is 36.5 Å². The molecule has 0 radical (unpaired) electrons. The van der Waals surface area contributed by atoms with E-state index >= 15 is 0 Å². The molecule has 3 aromatic heterocycles. The van der Waals surface area contributed by atoms with Gasteiger partial charge in [-0.2, -0.15) is 13.2 Å². The Hall–Kier alpha value is -3.99. The first kappa shape index (κ1) is 21.8. The highest BCUT2D eigenvalue weighted by atomic mass is 19.4. The van der Waals surface area contributed by atoms with E-state index < -0.39 is 17.6 Å². The average Bonchev–Trinajstić information content (AvgIpc) is 3.26. The monoisotopic (exact) mass is 468 g/mol. The molecule has 4 aromatic rings. The van der Waals surface area contributed by atoms with Crippen LogP contribution in [0.4, 0.5) is 24.8 Å². The van der Waals surface area contributed by atoms with E-state index in [2.05, 4.69) is 20.3 Å². The molecule has 11 heteroatoms. The lowest BCUT2D eigenvalue weighted by molar-refractivity contribution is -0.137. The summed E-state index contributed by atoms with van der Waals surface area (Å²) in [7, 11) is 0. The lowest BCUT2D eigenvalue weighted by atomic mass is 10.0. The lowest BCUT2D eigenvalue weighted by Gasteiger charge is -2.27. The van der Waals surface area contributed by atoms with E-state index in [9.17, 15) is 18.0 Å². The normalized spacial score (nSPS) is 14.4. The summed E-state index contributed by atoms with van der Waals surface area (Å²) in [4.78, 5) is 27.9. The van der Waals surface area contributed by atoms with E-state index in [1.807, 2.05) is 11.0 Å². The van der Waals surface area contributed by atoms with Crippen molar-refractivity contribution >= 4 is 23.2 Å². The number of carbonyl (C=O) groups is 1. The zero-order chi connectivity index (χ0) is 23.7. The van der Waals surface area contributed by atoms with Gasteiger partial charge in [-0.25, -0.2) is 15.0 Å². The summed E-state index contributed by atoms with van der Waals surface area (Å²) in [6.07, 6.45) is -1.56. The maximum absolute atomic E-state index is 13.5. The smallest absolute Gasteiger partial charge is 0.378 e. The van der Waals surface area contributed by atoms with E-state index in [0.717, 1.165) is 6.07 Å². The molecule has 1 N–H and O–H groups in total. The van der Waals surface area contributed by atoms with Crippen molar-refractivity contribution in [1.82, 2.24) is 19.4 Å². The number of ether oxygens (including phenoxy) is 1. The number of rotatable bonds is 4. The Morgan fingerprint density at radius 2 is 1.79 bits per heavy atom. The maximum Gasteiger partial charge on any atom is 0.417 e. The van der Waals surface area contributed by atoms with E-state index in [1.165, 1.54) is 35.0 Å². The molecule has 5 rings (SSSR count). The summed E-state index contributed by atoms with van der Waals surface area (Å²) in [5.74, 6) is 0.281. The lowest BCUT2D eigenvalue weighted by Crippen LogP contribution is -2.37. The maximum atomic E-state index is 13.5.